The van der Waals surface area contributed by atoms with Gasteiger partial charge in [-0.3, -0.25) is 0 Å². The number of hydrogen-bond acceptors (Lipinski definition) is 3. The molecule has 0 atom stereocenters. The first kappa shape index (κ1) is 11.3. The van der Waals surface area contributed by atoms with Gasteiger partial charge in [-0.1, -0.05) is 43.5 Å². The molecular weight excluding hydrogens is 222 g/mol. The van der Waals surface area contributed by atoms with Crippen molar-refractivity contribution in [2.24, 2.45) is 0 Å². The normalized spacial score (nSPS) is 16.7. The van der Waals surface area contributed by atoms with E-state index in [9.17, 15) is 0 Å². The van der Waals surface area contributed by atoms with Crippen LogP contribution < -0.4 is 0 Å². The molecule has 0 unspecified atom stereocenters. The van der Waals surface area contributed by atoms with Gasteiger partial charge in [0.15, 0.2) is 5.82 Å². The smallest absolute Gasteiger partial charge is 0.162 e. The minimum absolute atomic E-state index is 0.750. The van der Waals surface area contributed by atoms with E-state index in [-0.39, 0.29) is 0 Å². The summed E-state index contributed by atoms with van der Waals surface area (Å²) in [7, 11) is 0. The standard InChI is InChI=1S/C15H17N3/c1-2-4-12(5-3-1)13-6-8-14(9-7-13)15-17-10-16-11-18-15/h6-12H,1-5H2. The molecule has 0 bridgehead atoms. The second kappa shape index (κ2) is 5.25. The number of hydrogen-bond donors (Lipinski definition) is 0. The molecule has 0 amide bonds. The Morgan fingerprint density at radius 2 is 1.50 bits per heavy atom. The molecule has 3 rings (SSSR count). The molecule has 1 aromatic carbocycles. The van der Waals surface area contributed by atoms with E-state index in [4.69, 9.17) is 0 Å². The molecule has 3 nitrogen and oxygen atoms in total. The van der Waals surface area contributed by atoms with Gasteiger partial charge in [0.1, 0.15) is 12.7 Å². The van der Waals surface area contributed by atoms with Gasteiger partial charge in [-0.05, 0) is 24.3 Å². The average Bonchev–Trinajstić information content (AvgIpc) is 2.49. The zero-order valence-electron chi connectivity index (χ0n) is 10.4. The van der Waals surface area contributed by atoms with Gasteiger partial charge in [0.2, 0.25) is 0 Å². The number of rotatable bonds is 2. The lowest BCUT2D eigenvalue weighted by molar-refractivity contribution is 0.443. The monoisotopic (exact) mass is 239 g/mol. The zero-order chi connectivity index (χ0) is 12.2. The van der Waals surface area contributed by atoms with Crippen molar-refractivity contribution in [3.8, 4) is 11.4 Å². The van der Waals surface area contributed by atoms with Crippen LogP contribution in [-0.2, 0) is 0 Å². The Morgan fingerprint density at radius 1 is 0.833 bits per heavy atom. The van der Waals surface area contributed by atoms with Crippen LogP contribution in [-0.4, -0.2) is 15.0 Å². The van der Waals surface area contributed by atoms with Gasteiger partial charge in [0, 0.05) is 5.56 Å². The molecule has 1 aliphatic rings. The van der Waals surface area contributed by atoms with Crippen molar-refractivity contribution >= 4 is 0 Å². The maximum Gasteiger partial charge on any atom is 0.162 e. The van der Waals surface area contributed by atoms with E-state index in [1.165, 1.54) is 50.3 Å². The molecule has 0 N–H and O–H groups in total. The molecule has 1 aromatic heterocycles. The second-order valence-electron chi connectivity index (χ2n) is 4.92. The summed E-state index contributed by atoms with van der Waals surface area (Å²) in [5.41, 5.74) is 2.53. The molecule has 1 fully saturated rings. The summed E-state index contributed by atoms with van der Waals surface area (Å²) >= 11 is 0. The predicted molar refractivity (Wildman–Crippen MR) is 71.1 cm³/mol. The average molecular weight is 239 g/mol. The molecule has 18 heavy (non-hydrogen) atoms. The SMILES string of the molecule is c1ncnc(-c2ccc(C3CCCCC3)cc2)n1. The molecular formula is C15H17N3. The summed E-state index contributed by atoms with van der Waals surface area (Å²) < 4.78 is 0. The highest BCUT2D eigenvalue weighted by Crippen LogP contribution is 2.33. The Balaban J connectivity index is 1.80. The maximum absolute atomic E-state index is 4.17. The third kappa shape index (κ3) is 2.40. The molecule has 3 heteroatoms. The lowest BCUT2D eigenvalue weighted by Crippen LogP contribution is -2.04. The van der Waals surface area contributed by atoms with Crippen molar-refractivity contribution in [1.82, 2.24) is 15.0 Å². The first-order valence-electron chi connectivity index (χ1n) is 6.66. The van der Waals surface area contributed by atoms with Crippen molar-refractivity contribution in [2.45, 2.75) is 38.0 Å². The number of nitrogens with zero attached hydrogens (tertiary/aromatic N) is 3. The van der Waals surface area contributed by atoms with E-state index in [1.807, 2.05) is 0 Å². The Hall–Kier alpha value is -1.77. The Morgan fingerprint density at radius 3 is 2.17 bits per heavy atom. The Labute approximate surface area is 107 Å². The minimum Gasteiger partial charge on any atom is -0.225 e. The van der Waals surface area contributed by atoms with Crippen molar-refractivity contribution in [2.75, 3.05) is 0 Å². The van der Waals surface area contributed by atoms with Gasteiger partial charge in [0.05, 0.1) is 0 Å². The Kier molecular flexibility index (Phi) is 3.31. The largest absolute Gasteiger partial charge is 0.225 e. The van der Waals surface area contributed by atoms with Crippen LogP contribution in [0.5, 0.6) is 0 Å². The molecule has 0 spiro atoms. The maximum atomic E-state index is 4.17. The second-order valence-corrected chi connectivity index (χ2v) is 4.92. The van der Waals surface area contributed by atoms with Crippen LogP contribution in [0.25, 0.3) is 11.4 Å². The van der Waals surface area contributed by atoms with Crippen LogP contribution in [0.2, 0.25) is 0 Å². The minimum atomic E-state index is 0.750. The highest BCUT2D eigenvalue weighted by atomic mass is 15.0. The first-order valence-corrected chi connectivity index (χ1v) is 6.66. The van der Waals surface area contributed by atoms with Crippen LogP contribution in [0.1, 0.15) is 43.6 Å². The molecule has 92 valence electrons. The van der Waals surface area contributed by atoms with E-state index < -0.39 is 0 Å². The fourth-order valence-corrected chi connectivity index (χ4v) is 2.73. The van der Waals surface area contributed by atoms with Gasteiger partial charge >= 0.3 is 0 Å². The molecule has 1 heterocycles. The predicted octanol–water partition coefficient (Wildman–Crippen LogP) is 3.59. The topological polar surface area (TPSA) is 38.7 Å². The summed E-state index contributed by atoms with van der Waals surface area (Å²) in [5.74, 6) is 1.51. The molecule has 0 radical (unpaired) electrons. The molecule has 1 saturated carbocycles. The van der Waals surface area contributed by atoms with Crippen molar-refractivity contribution in [1.29, 1.82) is 0 Å². The highest BCUT2D eigenvalue weighted by molar-refractivity contribution is 5.54. The first-order chi connectivity index (χ1) is 8.93. The molecule has 2 aromatic rings. The van der Waals surface area contributed by atoms with Gasteiger partial charge in [0.25, 0.3) is 0 Å². The summed E-state index contributed by atoms with van der Waals surface area (Å²) in [6.45, 7) is 0. The summed E-state index contributed by atoms with van der Waals surface area (Å²) in [6.07, 6.45) is 9.91. The third-order valence-electron chi connectivity index (χ3n) is 3.74. The van der Waals surface area contributed by atoms with Crippen LogP contribution in [0.4, 0.5) is 0 Å². The number of benzene rings is 1. The lowest BCUT2D eigenvalue weighted by Gasteiger charge is -2.21. The van der Waals surface area contributed by atoms with Gasteiger partial charge in [-0.2, -0.15) is 0 Å². The van der Waals surface area contributed by atoms with E-state index >= 15 is 0 Å². The molecule has 0 aliphatic heterocycles. The van der Waals surface area contributed by atoms with E-state index in [0.29, 0.717) is 0 Å². The fraction of sp³-hybridized carbons (Fsp3) is 0.400. The highest BCUT2D eigenvalue weighted by Gasteiger charge is 2.15. The summed E-state index contributed by atoms with van der Waals surface area (Å²) in [5, 5.41) is 0. The van der Waals surface area contributed by atoms with Gasteiger partial charge in [-0.25, -0.2) is 15.0 Å². The van der Waals surface area contributed by atoms with Crippen LogP contribution in [0.15, 0.2) is 36.9 Å². The molecule has 0 saturated heterocycles. The van der Waals surface area contributed by atoms with Crippen LogP contribution in [0, 0.1) is 0 Å². The van der Waals surface area contributed by atoms with E-state index in [1.54, 1.807) is 0 Å². The van der Waals surface area contributed by atoms with Crippen molar-refractivity contribution in [3.05, 3.63) is 42.5 Å². The summed E-state index contributed by atoms with van der Waals surface area (Å²) in [6, 6.07) is 8.71. The number of aromatic nitrogens is 3. The molecule has 1 aliphatic carbocycles. The van der Waals surface area contributed by atoms with Crippen molar-refractivity contribution in [3.63, 3.8) is 0 Å². The summed E-state index contributed by atoms with van der Waals surface area (Å²) in [4.78, 5) is 12.2. The fourth-order valence-electron chi connectivity index (χ4n) is 2.73. The lowest BCUT2D eigenvalue weighted by atomic mass is 9.84. The Bertz CT molecular complexity index is 487. The van der Waals surface area contributed by atoms with Gasteiger partial charge < -0.3 is 0 Å². The zero-order valence-corrected chi connectivity index (χ0v) is 10.4. The van der Waals surface area contributed by atoms with E-state index in [2.05, 4.69) is 39.2 Å². The van der Waals surface area contributed by atoms with Gasteiger partial charge in [-0.15, -0.1) is 0 Å². The van der Waals surface area contributed by atoms with E-state index in [0.717, 1.165) is 17.3 Å². The van der Waals surface area contributed by atoms with Crippen molar-refractivity contribution < 1.29 is 0 Å². The van der Waals surface area contributed by atoms with Crippen LogP contribution >= 0.6 is 0 Å². The van der Waals surface area contributed by atoms with Crippen LogP contribution in [0.3, 0.4) is 0 Å². The third-order valence-corrected chi connectivity index (χ3v) is 3.74. The quantitative estimate of drug-likeness (QED) is 0.804.